The smallest absolute Gasteiger partial charge is 0.206 e. The summed E-state index contributed by atoms with van der Waals surface area (Å²) >= 11 is 6.69. The summed E-state index contributed by atoms with van der Waals surface area (Å²) in [6, 6.07) is 2.11. The van der Waals surface area contributed by atoms with Crippen LogP contribution in [0.4, 0.5) is 5.13 Å². The van der Waals surface area contributed by atoms with Crippen LogP contribution >= 0.6 is 45.8 Å². The standard InChI is InChI=1S/C14H16N4S4/c1-9(2)5-15-13-17-18-14(22-13)21-8-11-7-20-12(16-11)10-3-4-19-6-10/h3-4,6-7,9H,5,8H2,1-2H3,(H,15,17). The first kappa shape index (κ1) is 15.9. The second kappa shape index (κ2) is 7.54. The first-order valence-electron chi connectivity index (χ1n) is 6.88. The number of hydrogen-bond donors (Lipinski definition) is 1. The van der Waals surface area contributed by atoms with E-state index in [1.807, 2.05) is 0 Å². The Labute approximate surface area is 146 Å². The van der Waals surface area contributed by atoms with Gasteiger partial charge in [0.2, 0.25) is 5.13 Å². The van der Waals surface area contributed by atoms with Crippen molar-refractivity contribution in [3.8, 4) is 10.6 Å². The molecule has 3 rings (SSSR count). The Morgan fingerprint density at radius 1 is 1.27 bits per heavy atom. The van der Waals surface area contributed by atoms with Gasteiger partial charge in [-0.3, -0.25) is 0 Å². The Morgan fingerprint density at radius 3 is 2.95 bits per heavy atom. The Hall–Kier alpha value is -0.960. The molecule has 0 radical (unpaired) electrons. The van der Waals surface area contributed by atoms with E-state index in [9.17, 15) is 0 Å². The molecule has 22 heavy (non-hydrogen) atoms. The third-order valence-corrected chi connectivity index (χ3v) is 6.40. The van der Waals surface area contributed by atoms with Gasteiger partial charge in [0.05, 0.1) is 5.69 Å². The first-order valence-corrected chi connectivity index (χ1v) is 10.5. The molecule has 0 aliphatic heterocycles. The third kappa shape index (κ3) is 4.28. The van der Waals surface area contributed by atoms with E-state index in [1.54, 1.807) is 45.8 Å². The summed E-state index contributed by atoms with van der Waals surface area (Å²) in [5.41, 5.74) is 2.31. The molecular formula is C14H16N4S4. The quantitative estimate of drug-likeness (QED) is 0.589. The summed E-state index contributed by atoms with van der Waals surface area (Å²) in [5.74, 6) is 1.44. The van der Waals surface area contributed by atoms with Crippen molar-refractivity contribution >= 4 is 50.9 Å². The van der Waals surface area contributed by atoms with Gasteiger partial charge in [-0.15, -0.1) is 21.5 Å². The van der Waals surface area contributed by atoms with E-state index < -0.39 is 0 Å². The number of aromatic nitrogens is 3. The Morgan fingerprint density at radius 2 is 2.18 bits per heavy atom. The molecule has 0 aromatic carbocycles. The molecule has 0 saturated heterocycles. The number of anilines is 1. The van der Waals surface area contributed by atoms with Crippen LogP contribution < -0.4 is 5.32 Å². The molecule has 3 aromatic rings. The summed E-state index contributed by atoms with van der Waals surface area (Å²) in [6.07, 6.45) is 0. The second-order valence-electron chi connectivity index (χ2n) is 5.09. The van der Waals surface area contributed by atoms with Crippen LogP contribution in [0, 0.1) is 5.92 Å². The molecule has 3 heterocycles. The fourth-order valence-corrected chi connectivity index (χ4v) is 4.95. The van der Waals surface area contributed by atoms with E-state index in [0.717, 1.165) is 32.5 Å². The van der Waals surface area contributed by atoms with Gasteiger partial charge in [0.25, 0.3) is 0 Å². The fraction of sp³-hybridized carbons (Fsp3) is 0.357. The van der Waals surface area contributed by atoms with E-state index in [1.165, 1.54) is 5.56 Å². The van der Waals surface area contributed by atoms with Crippen LogP contribution in [0.3, 0.4) is 0 Å². The number of thiazole rings is 1. The minimum Gasteiger partial charge on any atom is -0.360 e. The Balaban J connectivity index is 1.54. The van der Waals surface area contributed by atoms with Gasteiger partial charge in [-0.2, -0.15) is 11.3 Å². The highest BCUT2D eigenvalue weighted by atomic mass is 32.2. The molecule has 0 atom stereocenters. The molecule has 8 heteroatoms. The highest BCUT2D eigenvalue weighted by Crippen LogP contribution is 2.31. The van der Waals surface area contributed by atoms with Gasteiger partial charge < -0.3 is 5.32 Å². The lowest BCUT2D eigenvalue weighted by atomic mass is 10.2. The van der Waals surface area contributed by atoms with E-state index in [0.29, 0.717) is 5.92 Å². The van der Waals surface area contributed by atoms with Crippen LogP contribution in [-0.4, -0.2) is 21.7 Å². The van der Waals surface area contributed by atoms with Crippen molar-refractivity contribution in [2.45, 2.75) is 23.9 Å². The molecule has 0 fully saturated rings. The van der Waals surface area contributed by atoms with Crippen LogP contribution in [0.1, 0.15) is 19.5 Å². The highest BCUT2D eigenvalue weighted by Gasteiger charge is 2.09. The number of thiophene rings is 1. The van der Waals surface area contributed by atoms with Crippen molar-refractivity contribution < 1.29 is 0 Å². The third-order valence-electron chi connectivity index (χ3n) is 2.73. The maximum Gasteiger partial charge on any atom is 0.206 e. The molecule has 0 bridgehead atoms. The van der Waals surface area contributed by atoms with Gasteiger partial charge in [-0.05, 0) is 17.4 Å². The van der Waals surface area contributed by atoms with Crippen molar-refractivity contribution in [2.24, 2.45) is 5.92 Å². The van der Waals surface area contributed by atoms with Gasteiger partial charge in [0.1, 0.15) is 5.01 Å². The van der Waals surface area contributed by atoms with Gasteiger partial charge in [0.15, 0.2) is 4.34 Å². The second-order valence-corrected chi connectivity index (χ2v) is 8.93. The van der Waals surface area contributed by atoms with Gasteiger partial charge >= 0.3 is 0 Å². The molecule has 0 aliphatic carbocycles. The first-order chi connectivity index (χ1) is 10.7. The lowest BCUT2D eigenvalue weighted by Crippen LogP contribution is -2.07. The largest absolute Gasteiger partial charge is 0.360 e. The zero-order valence-electron chi connectivity index (χ0n) is 12.3. The number of nitrogens with one attached hydrogen (secondary N) is 1. The van der Waals surface area contributed by atoms with Crippen molar-refractivity contribution in [1.29, 1.82) is 0 Å². The summed E-state index contributed by atoms with van der Waals surface area (Å²) < 4.78 is 0.983. The van der Waals surface area contributed by atoms with Crippen molar-refractivity contribution in [3.63, 3.8) is 0 Å². The average molecular weight is 369 g/mol. The topological polar surface area (TPSA) is 50.7 Å². The number of thioether (sulfide) groups is 1. The number of nitrogens with zero attached hydrogens (tertiary/aromatic N) is 3. The SMILES string of the molecule is CC(C)CNc1nnc(SCc2csc(-c3ccsc3)n2)s1. The van der Waals surface area contributed by atoms with Crippen molar-refractivity contribution in [2.75, 3.05) is 11.9 Å². The molecule has 0 saturated carbocycles. The van der Waals surface area contributed by atoms with E-state index in [4.69, 9.17) is 0 Å². The zero-order chi connectivity index (χ0) is 15.4. The van der Waals surface area contributed by atoms with Crippen LogP contribution in [0.25, 0.3) is 10.6 Å². The maximum atomic E-state index is 4.68. The average Bonchev–Trinajstić information content (AvgIpc) is 3.23. The minimum atomic E-state index is 0.602. The molecule has 1 N–H and O–H groups in total. The molecule has 0 aliphatic rings. The van der Waals surface area contributed by atoms with Gasteiger partial charge in [0, 0.05) is 28.6 Å². The fourth-order valence-electron chi connectivity index (χ4n) is 1.66. The lowest BCUT2D eigenvalue weighted by Gasteiger charge is -2.03. The lowest BCUT2D eigenvalue weighted by molar-refractivity contribution is 0.687. The predicted octanol–water partition coefficient (Wildman–Crippen LogP) is 5.08. The van der Waals surface area contributed by atoms with Crippen LogP contribution in [0.2, 0.25) is 0 Å². The molecule has 3 aromatic heterocycles. The monoisotopic (exact) mass is 368 g/mol. The normalized spacial score (nSPS) is 11.2. The summed E-state index contributed by atoms with van der Waals surface area (Å²) in [5, 5.41) is 20.0. The predicted molar refractivity (Wildman–Crippen MR) is 98.2 cm³/mol. The summed E-state index contributed by atoms with van der Waals surface area (Å²) in [7, 11) is 0. The van der Waals surface area contributed by atoms with Crippen LogP contribution in [-0.2, 0) is 5.75 Å². The molecule has 116 valence electrons. The number of rotatable bonds is 7. The molecule has 0 unspecified atom stereocenters. The van der Waals surface area contributed by atoms with E-state index >= 15 is 0 Å². The Bertz CT molecular complexity index is 702. The van der Waals surface area contributed by atoms with Crippen LogP contribution in [0.5, 0.6) is 0 Å². The maximum absolute atomic E-state index is 4.68. The molecule has 0 amide bonds. The minimum absolute atomic E-state index is 0.602. The van der Waals surface area contributed by atoms with Crippen molar-refractivity contribution in [3.05, 3.63) is 27.9 Å². The van der Waals surface area contributed by atoms with Crippen LogP contribution in [0.15, 0.2) is 26.5 Å². The number of hydrogen-bond acceptors (Lipinski definition) is 8. The Kier molecular flexibility index (Phi) is 5.46. The van der Waals surface area contributed by atoms with Gasteiger partial charge in [-0.25, -0.2) is 4.98 Å². The van der Waals surface area contributed by atoms with Gasteiger partial charge in [-0.1, -0.05) is 36.9 Å². The zero-order valence-corrected chi connectivity index (χ0v) is 15.5. The van der Waals surface area contributed by atoms with E-state index in [-0.39, 0.29) is 0 Å². The summed E-state index contributed by atoms with van der Waals surface area (Å²) in [4.78, 5) is 4.68. The van der Waals surface area contributed by atoms with Crippen molar-refractivity contribution in [1.82, 2.24) is 15.2 Å². The molecule has 0 spiro atoms. The molecular weight excluding hydrogens is 352 g/mol. The molecule has 4 nitrogen and oxygen atoms in total. The highest BCUT2D eigenvalue weighted by molar-refractivity contribution is 8.00. The summed E-state index contributed by atoms with van der Waals surface area (Å²) in [6.45, 7) is 5.28. The van der Waals surface area contributed by atoms with E-state index in [2.05, 4.69) is 56.6 Å².